The summed E-state index contributed by atoms with van der Waals surface area (Å²) < 4.78 is 10.7. The number of rotatable bonds is 7. The monoisotopic (exact) mass is 372 g/mol. The van der Waals surface area contributed by atoms with Gasteiger partial charge in [-0.15, -0.1) is 0 Å². The molecule has 1 fully saturated rings. The summed E-state index contributed by atoms with van der Waals surface area (Å²) in [6, 6.07) is 5.85. The Bertz CT molecular complexity index is 822. The molecule has 1 aliphatic heterocycles. The van der Waals surface area contributed by atoms with E-state index < -0.39 is 0 Å². The van der Waals surface area contributed by atoms with Gasteiger partial charge in [0.2, 0.25) is 0 Å². The number of fused-ring (bicyclic) bond motifs is 1. The lowest BCUT2D eigenvalue weighted by atomic mass is 9.96. The van der Waals surface area contributed by atoms with E-state index in [-0.39, 0.29) is 5.63 Å². The summed E-state index contributed by atoms with van der Waals surface area (Å²) in [4.78, 5) is 16.9. The number of benzene rings is 1. The van der Waals surface area contributed by atoms with Crippen LogP contribution in [0.5, 0.6) is 0 Å². The van der Waals surface area contributed by atoms with Crippen LogP contribution in [0.3, 0.4) is 0 Å². The summed E-state index contributed by atoms with van der Waals surface area (Å²) >= 11 is 0. The first-order valence-electron chi connectivity index (χ1n) is 9.90. The molecule has 0 N–H and O–H groups in total. The van der Waals surface area contributed by atoms with Gasteiger partial charge in [-0.05, 0) is 75.5 Å². The second-order valence-corrected chi connectivity index (χ2v) is 8.02. The topological polar surface area (TPSA) is 45.9 Å². The highest BCUT2D eigenvalue weighted by molar-refractivity contribution is 5.83. The minimum absolute atomic E-state index is 0.260. The molecule has 0 saturated carbocycles. The van der Waals surface area contributed by atoms with Gasteiger partial charge < -0.3 is 19.0 Å². The molecule has 2 aromatic rings. The summed E-state index contributed by atoms with van der Waals surface area (Å²) in [6.07, 6.45) is 2.45. The average Bonchev–Trinajstić information content (AvgIpc) is 2.62. The summed E-state index contributed by atoms with van der Waals surface area (Å²) in [5, 5.41) is 1.06. The molecule has 0 amide bonds. The number of aryl methyl sites for hydroxylation is 2. The van der Waals surface area contributed by atoms with Crippen LogP contribution >= 0.6 is 0 Å². The molecule has 1 saturated heterocycles. The van der Waals surface area contributed by atoms with Crippen LogP contribution < -0.4 is 5.63 Å². The molecule has 1 aromatic heterocycles. The quantitative estimate of drug-likeness (QED) is 0.699. The van der Waals surface area contributed by atoms with E-state index in [2.05, 4.69) is 35.9 Å². The van der Waals surface area contributed by atoms with E-state index in [4.69, 9.17) is 9.15 Å². The highest BCUT2D eigenvalue weighted by Crippen LogP contribution is 2.24. The van der Waals surface area contributed by atoms with Gasteiger partial charge in [0.05, 0.1) is 6.61 Å². The van der Waals surface area contributed by atoms with Crippen LogP contribution in [-0.4, -0.2) is 56.7 Å². The lowest BCUT2D eigenvalue weighted by molar-refractivity contribution is 0.110. The van der Waals surface area contributed by atoms with Gasteiger partial charge in [0.15, 0.2) is 0 Å². The molecule has 1 aromatic carbocycles. The molecule has 0 radical (unpaired) electrons. The molecule has 27 heavy (non-hydrogen) atoms. The number of hydrogen-bond acceptors (Lipinski definition) is 5. The number of nitrogens with zero attached hydrogens (tertiary/aromatic N) is 2. The van der Waals surface area contributed by atoms with E-state index in [0.717, 1.165) is 61.4 Å². The van der Waals surface area contributed by atoms with Crippen LogP contribution in [0.2, 0.25) is 0 Å². The van der Waals surface area contributed by atoms with E-state index in [9.17, 15) is 4.79 Å². The third-order valence-electron chi connectivity index (χ3n) is 5.59. The lowest BCUT2D eigenvalue weighted by Gasteiger charge is -2.33. The van der Waals surface area contributed by atoms with E-state index in [1.807, 2.05) is 6.92 Å². The fraction of sp³-hybridized carbons (Fsp3) is 0.591. The minimum atomic E-state index is -0.260. The molecule has 0 atom stereocenters. The third kappa shape index (κ3) is 5.18. The van der Waals surface area contributed by atoms with Crippen molar-refractivity contribution in [2.45, 2.75) is 33.2 Å². The van der Waals surface area contributed by atoms with Crippen LogP contribution in [0.1, 0.15) is 29.5 Å². The van der Waals surface area contributed by atoms with Gasteiger partial charge in [0, 0.05) is 38.2 Å². The van der Waals surface area contributed by atoms with Crippen molar-refractivity contribution in [2.24, 2.45) is 5.92 Å². The minimum Gasteiger partial charge on any atom is -0.422 e. The van der Waals surface area contributed by atoms with Gasteiger partial charge in [-0.25, -0.2) is 4.79 Å². The Morgan fingerprint density at radius 1 is 1.22 bits per heavy atom. The number of methoxy groups -OCH3 is 1. The summed E-state index contributed by atoms with van der Waals surface area (Å²) in [6.45, 7) is 10.1. The van der Waals surface area contributed by atoms with Crippen LogP contribution in [-0.2, 0) is 11.3 Å². The molecule has 0 aliphatic carbocycles. The van der Waals surface area contributed by atoms with Crippen molar-refractivity contribution in [3.05, 3.63) is 45.3 Å². The number of hydrogen-bond donors (Lipinski definition) is 0. The Hall–Kier alpha value is -1.69. The molecule has 0 bridgehead atoms. The van der Waals surface area contributed by atoms with E-state index >= 15 is 0 Å². The van der Waals surface area contributed by atoms with E-state index in [0.29, 0.717) is 5.92 Å². The molecule has 5 heteroatoms. The Labute approximate surface area is 161 Å². The first-order valence-corrected chi connectivity index (χ1v) is 9.90. The maximum atomic E-state index is 12.0. The van der Waals surface area contributed by atoms with Crippen LogP contribution in [0.4, 0.5) is 0 Å². The maximum Gasteiger partial charge on any atom is 0.336 e. The fourth-order valence-electron chi connectivity index (χ4n) is 4.22. The Morgan fingerprint density at radius 3 is 2.67 bits per heavy atom. The molecule has 1 aliphatic rings. The van der Waals surface area contributed by atoms with Crippen molar-refractivity contribution in [3.8, 4) is 0 Å². The molecule has 148 valence electrons. The first kappa shape index (κ1) is 20.1. The van der Waals surface area contributed by atoms with E-state index in [1.54, 1.807) is 13.2 Å². The van der Waals surface area contributed by atoms with Crippen molar-refractivity contribution in [1.29, 1.82) is 0 Å². The van der Waals surface area contributed by atoms with Gasteiger partial charge in [0.1, 0.15) is 5.58 Å². The predicted molar refractivity (Wildman–Crippen MR) is 109 cm³/mol. The predicted octanol–water partition coefficient (Wildman–Crippen LogP) is 3.20. The standard InChI is InChI=1S/C22H32N2O3/c1-16-11-17(2)22-20(12-16)19(13-21(25)27-22)15-23(3)14-18-5-7-24(8-6-18)9-10-26-4/h11-13,18H,5-10,14-15H2,1-4H3. The van der Waals surface area contributed by atoms with Gasteiger partial charge in [-0.2, -0.15) is 0 Å². The second-order valence-electron chi connectivity index (χ2n) is 8.02. The zero-order chi connectivity index (χ0) is 19.4. The molecule has 5 nitrogen and oxygen atoms in total. The Kier molecular flexibility index (Phi) is 6.68. The first-order chi connectivity index (χ1) is 13.0. The lowest BCUT2D eigenvalue weighted by Crippen LogP contribution is -2.39. The molecule has 0 unspecified atom stereocenters. The highest BCUT2D eigenvalue weighted by Gasteiger charge is 2.20. The van der Waals surface area contributed by atoms with Crippen LogP contribution in [0.25, 0.3) is 11.0 Å². The molecule has 0 spiro atoms. The van der Waals surface area contributed by atoms with E-state index in [1.165, 1.54) is 18.4 Å². The molecule has 3 rings (SSSR count). The molecule has 2 heterocycles. The summed E-state index contributed by atoms with van der Waals surface area (Å²) in [7, 11) is 3.92. The van der Waals surface area contributed by atoms with Crippen LogP contribution in [0.15, 0.2) is 27.4 Å². The second kappa shape index (κ2) is 9.00. The van der Waals surface area contributed by atoms with Gasteiger partial charge in [-0.3, -0.25) is 0 Å². The Morgan fingerprint density at radius 2 is 1.96 bits per heavy atom. The normalized spacial score (nSPS) is 16.5. The summed E-state index contributed by atoms with van der Waals surface area (Å²) in [5.41, 5.74) is 3.75. The smallest absolute Gasteiger partial charge is 0.336 e. The van der Waals surface area contributed by atoms with Crippen molar-refractivity contribution in [1.82, 2.24) is 9.80 Å². The average molecular weight is 373 g/mol. The number of likely N-dealkylation sites (tertiary alicyclic amines) is 1. The maximum absolute atomic E-state index is 12.0. The van der Waals surface area contributed by atoms with Gasteiger partial charge >= 0.3 is 5.63 Å². The van der Waals surface area contributed by atoms with Crippen molar-refractivity contribution in [2.75, 3.05) is 46.9 Å². The number of piperidine rings is 1. The van der Waals surface area contributed by atoms with Crippen molar-refractivity contribution >= 4 is 11.0 Å². The number of ether oxygens (including phenoxy) is 1. The summed E-state index contributed by atoms with van der Waals surface area (Å²) in [5.74, 6) is 0.712. The SMILES string of the molecule is COCCN1CCC(CN(C)Cc2cc(=O)oc3c(C)cc(C)cc23)CC1. The Balaban J connectivity index is 1.65. The van der Waals surface area contributed by atoms with Gasteiger partial charge in [-0.1, -0.05) is 6.07 Å². The largest absolute Gasteiger partial charge is 0.422 e. The van der Waals surface area contributed by atoms with Crippen molar-refractivity contribution in [3.63, 3.8) is 0 Å². The fourth-order valence-corrected chi connectivity index (χ4v) is 4.22. The third-order valence-corrected chi connectivity index (χ3v) is 5.59. The van der Waals surface area contributed by atoms with Crippen LogP contribution in [0, 0.1) is 19.8 Å². The van der Waals surface area contributed by atoms with Crippen molar-refractivity contribution < 1.29 is 9.15 Å². The van der Waals surface area contributed by atoms with Gasteiger partial charge in [0.25, 0.3) is 0 Å². The highest BCUT2D eigenvalue weighted by atomic mass is 16.5. The molecular formula is C22H32N2O3. The zero-order valence-corrected chi connectivity index (χ0v) is 17.1. The molecular weight excluding hydrogens is 340 g/mol. The zero-order valence-electron chi connectivity index (χ0n) is 17.1.